The zero-order valence-corrected chi connectivity index (χ0v) is 18.5. The van der Waals surface area contributed by atoms with Gasteiger partial charge in [-0.3, -0.25) is 4.79 Å². The molecular weight excluding hydrogens is 378 g/mol. The van der Waals surface area contributed by atoms with Crippen LogP contribution in [0.25, 0.3) is 11.1 Å². The van der Waals surface area contributed by atoms with Gasteiger partial charge in [-0.1, -0.05) is 48.5 Å². The number of rotatable bonds is 9. The van der Waals surface area contributed by atoms with Gasteiger partial charge in [-0.2, -0.15) is 0 Å². The van der Waals surface area contributed by atoms with Crippen molar-refractivity contribution in [1.29, 1.82) is 0 Å². The molecule has 1 amide bonds. The molecule has 0 bridgehead atoms. The molecule has 0 radical (unpaired) electrons. The lowest BCUT2D eigenvalue weighted by Gasteiger charge is -2.19. The monoisotopic (exact) mass is 411 g/mol. The van der Waals surface area contributed by atoms with Crippen molar-refractivity contribution in [1.82, 2.24) is 5.32 Å². The Morgan fingerprint density at radius 3 is 2.30 bits per heavy atom. The van der Waals surface area contributed by atoms with Crippen molar-refractivity contribution in [3.63, 3.8) is 0 Å². The van der Waals surface area contributed by atoms with Crippen molar-refractivity contribution in [2.45, 2.75) is 58.5 Å². The largest absolute Gasteiger partial charge is 0.469 e. The van der Waals surface area contributed by atoms with E-state index in [9.17, 15) is 9.59 Å². The van der Waals surface area contributed by atoms with E-state index >= 15 is 0 Å². The second-order valence-corrected chi connectivity index (χ2v) is 8.36. The molecule has 0 fully saturated rings. The lowest BCUT2D eigenvalue weighted by molar-refractivity contribution is -0.140. The van der Waals surface area contributed by atoms with Gasteiger partial charge in [0.1, 0.15) is 5.60 Å². The van der Waals surface area contributed by atoms with Crippen molar-refractivity contribution in [2.75, 3.05) is 13.7 Å². The molecule has 30 heavy (non-hydrogen) atoms. The summed E-state index contributed by atoms with van der Waals surface area (Å²) in [7, 11) is 1.41. The van der Waals surface area contributed by atoms with Gasteiger partial charge in [0.25, 0.3) is 0 Å². The number of methoxy groups -OCH3 is 1. The molecule has 0 saturated carbocycles. The first-order valence-corrected chi connectivity index (χ1v) is 10.5. The van der Waals surface area contributed by atoms with Crippen LogP contribution in [0.15, 0.2) is 48.5 Å². The van der Waals surface area contributed by atoms with E-state index in [4.69, 9.17) is 9.47 Å². The summed E-state index contributed by atoms with van der Waals surface area (Å²) < 4.78 is 9.93. The number of esters is 1. The third kappa shape index (κ3) is 8.68. The highest BCUT2D eigenvalue weighted by molar-refractivity contribution is 5.70. The Balaban J connectivity index is 1.80. The standard InChI is InChI=1S/C25H33NO4/c1-25(2,3)30-24(28)26-17-6-5-8-20-9-7-10-22(18-20)21-14-11-19(12-15-21)13-16-23(27)29-4/h7,9-12,14-15,18H,5-6,8,13,16-17H2,1-4H3,(H,26,28). The average molecular weight is 412 g/mol. The van der Waals surface area contributed by atoms with Gasteiger partial charge in [-0.15, -0.1) is 0 Å². The van der Waals surface area contributed by atoms with E-state index in [-0.39, 0.29) is 12.1 Å². The minimum atomic E-state index is -0.468. The summed E-state index contributed by atoms with van der Waals surface area (Å²) in [6.07, 6.45) is 3.57. The lowest BCUT2D eigenvalue weighted by atomic mass is 9.99. The zero-order chi connectivity index (χ0) is 22.0. The maximum Gasteiger partial charge on any atom is 0.407 e. The molecule has 0 atom stereocenters. The fraction of sp³-hybridized carbons (Fsp3) is 0.440. The summed E-state index contributed by atoms with van der Waals surface area (Å²) in [6, 6.07) is 16.8. The number of unbranched alkanes of at least 4 members (excludes halogenated alkanes) is 1. The molecule has 162 valence electrons. The van der Waals surface area contributed by atoms with E-state index in [1.54, 1.807) is 0 Å². The highest BCUT2D eigenvalue weighted by Gasteiger charge is 2.15. The molecule has 0 aliphatic carbocycles. The van der Waals surface area contributed by atoms with Crippen LogP contribution in [0.1, 0.15) is 51.2 Å². The molecule has 1 N–H and O–H groups in total. The second kappa shape index (κ2) is 11.4. The first kappa shape index (κ1) is 23.5. The number of aryl methyl sites for hydroxylation is 2. The molecular formula is C25H33NO4. The Morgan fingerprint density at radius 1 is 0.900 bits per heavy atom. The molecule has 2 aromatic rings. The highest BCUT2D eigenvalue weighted by Crippen LogP contribution is 2.22. The molecule has 5 nitrogen and oxygen atoms in total. The van der Waals surface area contributed by atoms with E-state index < -0.39 is 5.60 Å². The molecule has 0 unspecified atom stereocenters. The van der Waals surface area contributed by atoms with Crippen molar-refractivity contribution >= 4 is 12.1 Å². The van der Waals surface area contributed by atoms with E-state index in [1.165, 1.54) is 18.2 Å². The summed E-state index contributed by atoms with van der Waals surface area (Å²) in [4.78, 5) is 22.9. The van der Waals surface area contributed by atoms with Gasteiger partial charge in [-0.25, -0.2) is 4.79 Å². The van der Waals surface area contributed by atoms with Crippen LogP contribution in [-0.2, 0) is 27.1 Å². The van der Waals surface area contributed by atoms with Crippen LogP contribution in [0, 0.1) is 0 Å². The van der Waals surface area contributed by atoms with Crippen LogP contribution in [-0.4, -0.2) is 31.3 Å². The van der Waals surface area contributed by atoms with E-state index in [0.717, 1.165) is 30.4 Å². The number of nitrogens with one attached hydrogen (secondary N) is 1. The predicted molar refractivity (Wildman–Crippen MR) is 119 cm³/mol. The fourth-order valence-corrected chi connectivity index (χ4v) is 3.08. The summed E-state index contributed by atoms with van der Waals surface area (Å²) >= 11 is 0. The Labute approximate surface area is 179 Å². The van der Waals surface area contributed by atoms with Crippen LogP contribution >= 0.6 is 0 Å². The minimum Gasteiger partial charge on any atom is -0.469 e. The van der Waals surface area contributed by atoms with Gasteiger partial charge in [0.15, 0.2) is 0 Å². The van der Waals surface area contributed by atoms with E-state index in [1.807, 2.05) is 20.8 Å². The van der Waals surface area contributed by atoms with Crippen LogP contribution in [0.2, 0.25) is 0 Å². The van der Waals surface area contributed by atoms with Gasteiger partial charge in [0.2, 0.25) is 0 Å². The van der Waals surface area contributed by atoms with Crippen LogP contribution in [0.4, 0.5) is 4.79 Å². The molecule has 0 aromatic heterocycles. The smallest absolute Gasteiger partial charge is 0.407 e. The number of ether oxygens (including phenoxy) is 2. The van der Waals surface area contributed by atoms with Gasteiger partial charge >= 0.3 is 12.1 Å². The van der Waals surface area contributed by atoms with Crippen LogP contribution in [0.5, 0.6) is 0 Å². The first-order valence-electron chi connectivity index (χ1n) is 10.5. The summed E-state index contributed by atoms with van der Waals surface area (Å²) in [5.74, 6) is -0.187. The summed E-state index contributed by atoms with van der Waals surface area (Å²) in [5, 5.41) is 2.80. The number of hydrogen-bond acceptors (Lipinski definition) is 4. The molecule has 0 aliphatic heterocycles. The predicted octanol–water partition coefficient (Wildman–Crippen LogP) is 5.31. The highest BCUT2D eigenvalue weighted by atomic mass is 16.6. The van der Waals surface area contributed by atoms with Crippen molar-refractivity contribution in [2.24, 2.45) is 0 Å². The fourth-order valence-electron chi connectivity index (χ4n) is 3.08. The topological polar surface area (TPSA) is 64.6 Å². The quantitative estimate of drug-likeness (QED) is 0.449. The SMILES string of the molecule is COC(=O)CCc1ccc(-c2cccc(CCCCNC(=O)OC(C)(C)C)c2)cc1. The number of hydrogen-bond donors (Lipinski definition) is 1. The zero-order valence-electron chi connectivity index (χ0n) is 18.5. The maximum absolute atomic E-state index is 11.7. The minimum absolute atomic E-state index is 0.187. The van der Waals surface area contributed by atoms with Crippen LogP contribution in [0.3, 0.4) is 0 Å². The normalized spacial score (nSPS) is 11.1. The molecule has 0 heterocycles. The van der Waals surface area contributed by atoms with Crippen molar-refractivity contribution in [3.8, 4) is 11.1 Å². The van der Waals surface area contributed by atoms with Crippen molar-refractivity contribution < 1.29 is 19.1 Å². The summed E-state index contributed by atoms with van der Waals surface area (Å²) in [6.45, 7) is 6.18. The van der Waals surface area contributed by atoms with Gasteiger partial charge in [-0.05, 0) is 68.7 Å². The Morgan fingerprint density at radius 2 is 1.63 bits per heavy atom. The van der Waals surface area contributed by atoms with Gasteiger partial charge < -0.3 is 14.8 Å². The van der Waals surface area contributed by atoms with Crippen molar-refractivity contribution in [3.05, 3.63) is 59.7 Å². The summed E-state index contributed by atoms with van der Waals surface area (Å²) in [5.41, 5.74) is 4.27. The van der Waals surface area contributed by atoms with Gasteiger partial charge in [0, 0.05) is 13.0 Å². The van der Waals surface area contributed by atoms with Gasteiger partial charge in [0.05, 0.1) is 7.11 Å². The Kier molecular flexibility index (Phi) is 8.90. The van der Waals surface area contributed by atoms with E-state index in [2.05, 4.69) is 53.8 Å². The molecule has 2 rings (SSSR count). The molecule has 0 spiro atoms. The van der Waals surface area contributed by atoms with Crippen LogP contribution < -0.4 is 5.32 Å². The van der Waals surface area contributed by atoms with E-state index in [0.29, 0.717) is 19.4 Å². The average Bonchev–Trinajstić information content (AvgIpc) is 2.71. The second-order valence-electron chi connectivity index (χ2n) is 8.36. The molecule has 2 aromatic carbocycles. The first-order chi connectivity index (χ1) is 14.3. The lowest BCUT2D eigenvalue weighted by Crippen LogP contribution is -2.33. The number of amides is 1. The maximum atomic E-state index is 11.7. The Bertz CT molecular complexity index is 822. The third-order valence-electron chi connectivity index (χ3n) is 4.62. The number of carbonyl (C=O) groups is 2. The number of carbonyl (C=O) groups excluding carboxylic acids is 2. The third-order valence-corrected chi connectivity index (χ3v) is 4.62. The number of alkyl carbamates (subject to hydrolysis) is 1. The molecule has 5 heteroatoms. The molecule has 0 saturated heterocycles. The molecule has 0 aliphatic rings. The number of benzene rings is 2. The Hall–Kier alpha value is -2.82.